The zero-order chi connectivity index (χ0) is 9.97. The van der Waals surface area contributed by atoms with Crippen LogP contribution in [0, 0.1) is 6.92 Å². The summed E-state index contributed by atoms with van der Waals surface area (Å²) in [6.45, 7) is 2.70. The second-order valence-corrected chi connectivity index (χ2v) is 3.51. The summed E-state index contributed by atoms with van der Waals surface area (Å²) in [5.74, 6) is 1.51. The first-order valence-corrected chi connectivity index (χ1v) is 5.15. The van der Waals surface area contributed by atoms with Crippen LogP contribution in [0.5, 0.6) is 0 Å². The molecule has 1 aromatic carbocycles. The van der Waals surface area contributed by atoms with E-state index in [1.807, 2.05) is 25.1 Å². The van der Waals surface area contributed by atoms with E-state index in [1.165, 1.54) is 0 Å². The van der Waals surface area contributed by atoms with E-state index in [4.69, 9.17) is 4.42 Å². The lowest BCUT2D eigenvalue weighted by Gasteiger charge is -2.02. The molecule has 14 heavy (non-hydrogen) atoms. The van der Waals surface area contributed by atoms with E-state index < -0.39 is 0 Å². The number of thiol groups is 1. The molecule has 2 rings (SSSR count). The third kappa shape index (κ3) is 1.85. The van der Waals surface area contributed by atoms with E-state index in [-0.39, 0.29) is 0 Å². The zero-order valence-corrected chi connectivity index (χ0v) is 8.84. The lowest BCUT2D eigenvalue weighted by Crippen LogP contribution is -2.01. The molecule has 0 saturated carbocycles. The normalized spacial score (nSPS) is 10.7. The van der Waals surface area contributed by atoms with E-state index in [9.17, 15) is 0 Å². The van der Waals surface area contributed by atoms with Gasteiger partial charge in [0.25, 0.3) is 0 Å². The average molecular weight is 208 g/mol. The van der Waals surface area contributed by atoms with Gasteiger partial charge in [-0.2, -0.15) is 12.6 Å². The first-order chi connectivity index (χ1) is 6.79. The fourth-order valence-corrected chi connectivity index (χ4v) is 1.46. The molecule has 0 radical (unpaired) electrons. The molecule has 4 heteroatoms. The number of fused-ring (bicyclic) bond motifs is 1. The molecule has 2 aromatic rings. The van der Waals surface area contributed by atoms with E-state index >= 15 is 0 Å². The van der Waals surface area contributed by atoms with Gasteiger partial charge in [0, 0.05) is 31.0 Å². The molecule has 1 aromatic heterocycles. The van der Waals surface area contributed by atoms with Crippen molar-refractivity contribution in [2.45, 2.75) is 6.92 Å². The van der Waals surface area contributed by atoms with Gasteiger partial charge in [0.1, 0.15) is 5.52 Å². The molecule has 0 unspecified atom stereocenters. The fourth-order valence-electron chi connectivity index (χ4n) is 1.35. The van der Waals surface area contributed by atoms with Crippen LogP contribution in [-0.4, -0.2) is 17.3 Å². The molecular formula is C10H12N2OS. The number of aryl methyl sites for hydroxylation is 1. The fraction of sp³-hybridized carbons (Fsp3) is 0.300. The van der Waals surface area contributed by atoms with Crippen LogP contribution in [0.4, 0.5) is 5.69 Å². The van der Waals surface area contributed by atoms with Crippen LogP contribution >= 0.6 is 12.6 Å². The summed E-state index contributed by atoms with van der Waals surface area (Å²) in [5.41, 5.74) is 2.77. The van der Waals surface area contributed by atoms with Gasteiger partial charge in [0.15, 0.2) is 11.5 Å². The summed E-state index contributed by atoms with van der Waals surface area (Å²) in [4.78, 5) is 4.23. The van der Waals surface area contributed by atoms with Crippen LogP contribution in [0.25, 0.3) is 11.1 Å². The average Bonchev–Trinajstić information content (AvgIpc) is 2.54. The lowest BCUT2D eigenvalue weighted by atomic mass is 10.3. The topological polar surface area (TPSA) is 38.1 Å². The van der Waals surface area contributed by atoms with Crippen LogP contribution in [0.15, 0.2) is 22.6 Å². The summed E-state index contributed by atoms with van der Waals surface area (Å²) in [5, 5.41) is 3.23. The highest BCUT2D eigenvalue weighted by Crippen LogP contribution is 2.19. The minimum atomic E-state index is 0.700. The van der Waals surface area contributed by atoms with Crippen LogP contribution in [-0.2, 0) is 0 Å². The number of aromatic nitrogens is 1. The van der Waals surface area contributed by atoms with Crippen molar-refractivity contribution in [3.63, 3.8) is 0 Å². The second kappa shape index (κ2) is 3.92. The summed E-state index contributed by atoms with van der Waals surface area (Å²) < 4.78 is 5.42. The quantitative estimate of drug-likeness (QED) is 0.761. The number of rotatable bonds is 3. The van der Waals surface area contributed by atoms with Crippen molar-refractivity contribution in [1.29, 1.82) is 0 Å². The Hall–Kier alpha value is -1.16. The minimum Gasteiger partial charge on any atom is -0.441 e. The maximum atomic E-state index is 5.42. The predicted molar refractivity (Wildman–Crippen MR) is 61.1 cm³/mol. The summed E-state index contributed by atoms with van der Waals surface area (Å²) in [6.07, 6.45) is 0. The van der Waals surface area contributed by atoms with Crippen molar-refractivity contribution >= 4 is 29.4 Å². The second-order valence-electron chi connectivity index (χ2n) is 3.07. The highest BCUT2D eigenvalue weighted by atomic mass is 32.1. The van der Waals surface area contributed by atoms with Gasteiger partial charge in [0.05, 0.1) is 0 Å². The first kappa shape index (κ1) is 9.40. The first-order valence-electron chi connectivity index (χ1n) is 4.51. The molecule has 0 aliphatic carbocycles. The molecule has 1 heterocycles. The Morgan fingerprint density at radius 3 is 3.14 bits per heavy atom. The number of hydrogen-bond donors (Lipinski definition) is 2. The Labute approximate surface area is 87.9 Å². The van der Waals surface area contributed by atoms with Gasteiger partial charge in [-0.25, -0.2) is 4.98 Å². The van der Waals surface area contributed by atoms with Gasteiger partial charge >= 0.3 is 0 Å². The van der Waals surface area contributed by atoms with Gasteiger partial charge in [0.2, 0.25) is 0 Å². The van der Waals surface area contributed by atoms with E-state index in [2.05, 4.69) is 22.9 Å². The van der Waals surface area contributed by atoms with Crippen molar-refractivity contribution < 1.29 is 4.42 Å². The maximum absolute atomic E-state index is 5.42. The molecule has 0 bridgehead atoms. The van der Waals surface area contributed by atoms with Crippen molar-refractivity contribution in [1.82, 2.24) is 4.98 Å². The molecule has 0 spiro atoms. The molecule has 0 fully saturated rings. The molecule has 1 N–H and O–H groups in total. The Kier molecular flexibility index (Phi) is 2.63. The number of nitrogens with zero attached hydrogens (tertiary/aromatic N) is 1. The third-order valence-corrected chi connectivity index (χ3v) is 2.16. The summed E-state index contributed by atoms with van der Waals surface area (Å²) in [6, 6.07) is 5.90. The van der Waals surface area contributed by atoms with Gasteiger partial charge in [-0.05, 0) is 12.1 Å². The highest BCUT2D eigenvalue weighted by molar-refractivity contribution is 7.80. The van der Waals surface area contributed by atoms with Crippen LogP contribution in [0.2, 0.25) is 0 Å². The van der Waals surface area contributed by atoms with Crippen LogP contribution in [0.1, 0.15) is 5.89 Å². The molecule has 0 amide bonds. The monoisotopic (exact) mass is 208 g/mol. The van der Waals surface area contributed by atoms with Crippen molar-refractivity contribution in [3.05, 3.63) is 24.1 Å². The summed E-state index contributed by atoms with van der Waals surface area (Å²) >= 11 is 4.13. The largest absolute Gasteiger partial charge is 0.441 e. The molecule has 0 atom stereocenters. The smallest absolute Gasteiger partial charge is 0.192 e. The third-order valence-electron chi connectivity index (χ3n) is 1.94. The predicted octanol–water partition coefficient (Wildman–Crippen LogP) is 2.48. The standard InChI is InChI=1S/C10H12N2OS/c1-7-12-9-3-2-8(11-4-5-14)6-10(9)13-7/h2-3,6,11,14H,4-5H2,1H3. The van der Waals surface area contributed by atoms with Gasteiger partial charge in [-0.15, -0.1) is 0 Å². The Morgan fingerprint density at radius 2 is 2.36 bits per heavy atom. The van der Waals surface area contributed by atoms with Crippen molar-refractivity contribution in [3.8, 4) is 0 Å². The van der Waals surface area contributed by atoms with Crippen LogP contribution in [0.3, 0.4) is 0 Å². The Bertz CT molecular complexity index is 439. The minimum absolute atomic E-state index is 0.700. The van der Waals surface area contributed by atoms with Gasteiger partial charge in [-0.3, -0.25) is 0 Å². The van der Waals surface area contributed by atoms with E-state index in [0.29, 0.717) is 5.89 Å². The lowest BCUT2D eigenvalue weighted by molar-refractivity contribution is 0.561. The van der Waals surface area contributed by atoms with E-state index in [0.717, 1.165) is 29.1 Å². The molecule has 0 aliphatic rings. The number of nitrogens with one attached hydrogen (secondary N) is 1. The molecule has 0 aliphatic heterocycles. The number of benzene rings is 1. The van der Waals surface area contributed by atoms with Crippen molar-refractivity contribution in [2.75, 3.05) is 17.6 Å². The highest BCUT2D eigenvalue weighted by Gasteiger charge is 2.02. The number of oxazole rings is 1. The number of anilines is 1. The molecular weight excluding hydrogens is 196 g/mol. The SMILES string of the molecule is Cc1nc2ccc(NCCS)cc2o1. The Balaban J connectivity index is 2.31. The Morgan fingerprint density at radius 1 is 1.50 bits per heavy atom. The zero-order valence-electron chi connectivity index (χ0n) is 7.95. The summed E-state index contributed by atoms with van der Waals surface area (Å²) in [7, 11) is 0. The molecule has 3 nitrogen and oxygen atoms in total. The number of hydrogen-bond acceptors (Lipinski definition) is 4. The van der Waals surface area contributed by atoms with Gasteiger partial charge in [-0.1, -0.05) is 0 Å². The van der Waals surface area contributed by atoms with Crippen LogP contribution < -0.4 is 5.32 Å². The molecule has 0 saturated heterocycles. The maximum Gasteiger partial charge on any atom is 0.192 e. The van der Waals surface area contributed by atoms with Gasteiger partial charge < -0.3 is 9.73 Å². The molecule has 74 valence electrons. The van der Waals surface area contributed by atoms with E-state index in [1.54, 1.807) is 0 Å². The van der Waals surface area contributed by atoms with Crippen molar-refractivity contribution in [2.24, 2.45) is 0 Å².